The van der Waals surface area contributed by atoms with Gasteiger partial charge in [0, 0.05) is 19.3 Å². The lowest BCUT2D eigenvalue weighted by Crippen LogP contribution is -2.44. The maximum absolute atomic E-state index is 11.8. The third-order valence-electron chi connectivity index (χ3n) is 3.19. The van der Waals surface area contributed by atoms with Crippen LogP contribution in [0.4, 0.5) is 4.79 Å². The van der Waals surface area contributed by atoms with E-state index in [1.165, 1.54) is 24.8 Å². The second kappa shape index (κ2) is 5.89. The molecule has 1 heterocycles. The van der Waals surface area contributed by atoms with Crippen molar-refractivity contribution >= 4 is 6.03 Å². The molecule has 2 amide bonds. The molecule has 0 aromatic carbocycles. The van der Waals surface area contributed by atoms with E-state index in [9.17, 15) is 4.79 Å². The van der Waals surface area contributed by atoms with E-state index < -0.39 is 0 Å². The summed E-state index contributed by atoms with van der Waals surface area (Å²) in [6.07, 6.45) is 8.05. The van der Waals surface area contributed by atoms with Gasteiger partial charge in [-0.05, 0) is 25.7 Å². The fraction of sp³-hybridized carbons (Fsp3) is 0.750. The Morgan fingerprint density at radius 1 is 1.19 bits per heavy atom. The lowest BCUT2D eigenvalue weighted by Gasteiger charge is -2.26. The van der Waals surface area contributed by atoms with E-state index in [0.29, 0.717) is 26.3 Å². The molecule has 1 saturated heterocycles. The van der Waals surface area contributed by atoms with Crippen LogP contribution < -0.4 is 5.32 Å². The van der Waals surface area contributed by atoms with Gasteiger partial charge in [-0.2, -0.15) is 0 Å². The summed E-state index contributed by atoms with van der Waals surface area (Å²) in [6, 6.07) is 0.0152. The lowest BCUT2D eigenvalue weighted by molar-refractivity contribution is 0.0540. The van der Waals surface area contributed by atoms with Crippen LogP contribution in [-0.2, 0) is 4.74 Å². The number of morpholine rings is 1. The summed E-state index contributed by atoms with van der Waals surface area (Å²) in [4.78, 5) is 13.6. The molecule has 0 aromatic rings. The molecule has 0 unspecified atom stereocenters. The van der Waals surface area contributed by atoms with Gasteiger partial charge in [0.25, 0.3) is 0 Å². The van der Waals surface area contributed by atoms with Crippen molar-refractivity contribution in [2.24, 2.45) is 0 Å². The van der Waals surface area contributed by atoms with Crippen LogP contribution in [0, 0.1) is 0 Å². The molecular formula is C12H20N2O2. The number of urea groups is 1. The first kappa shape index (κ1) is 11.5. The Morgan fingerprint density at radius 3 is 2.56 bits per heavy atom. The van der Waals surface area contributed by atoms with Crippen molar-refractivity contribution in [3.63, 3.8) is 0 Å². The van der Waals surface area contributed by atoms with Gasteiger partial charge in [0.15, 0.2) is 0 Å². The van der Waals surface area contributed by atoms with Gasteiger partial charge in [-0.1, -0.05) is 12.0 Å². The summed E-state index contributed by atoms with van der Waals surface area (Å²) in [5, 5.41) is 2.89. The van der Waals surface area contributed by atoms with Gasteiger partial charge >= 0.3 is 6.03 Å². The molecule has 2 rings (SSSR count). The first-order valence-electron chi connectivity index (χ1n) is 6.17. The summed E-state index contributed by atoms with van der Waals surface area (Å²) in [5.41, 5.74) is 1.38. The highest BCUT2D eigenvalue weighted by molar-refractivity contribution is 5.75. The van der Waals surface area contributed by atoms with E-state index in [1.807, 2.05) is 11.1 Å². The van der Waals surface area contributed by atoms with E-state index in [-0.39, 0.29) is 6.03 Å². The zero-order valence-electron chi connectivity index (χ0n) is 9.71. The van der Waals surface area contributed by atoms with Gasteiger partial charge in [0.05, 0.1) is 13.2 Å². The standard InChI is InChI=1S/C12H20N2O2/c15-12(14-6-8-16-9-7-14)13-10-11-4-2-1-3-5-11/h10H,1-9H2,(H,13,15). The van der Waals surface area contributed by atoms with Crippen LogP contribution in [0.5, 0.6) is 0 Å². The number of rotatable bonds is 1. The third kappa shape index (κ3) is 3.23. The molecule has 0 aromatic heterocycles. The Balaban J connectivity index is 1.77. The highest BCUT2D eigenvalue weighted by Gasteiger charge is 2.15. The summed E-state index contributed by atoms with van der Waals surface area (Å²) < 4.78 is 5.21. The normalized spacial score (nSPS) is 21.8. The maximum Gasteiger partial charge on any atom is 0.321 e. The van der Waals surface area contributed by atoms with E-state index >= 15 is 0 Å². The van der Waals surface area contributed by atoms with E-state index in [0.717, 1.165) is 12.8 Å². The Hall–Kier alpha value is -1.03. The van der Waals surface area contributed by atoms with Crippen LogP contribution in [0.25, 0.3) is 0 Å². The molecule has 0 radical (unpaired) electrons. The number of nitrogens with zero attached hydrogens (tertiary/aromatic N) is 1. The molecule has 1 aliphatic carbocycles. The van der Waals surface area contributed by atoms with Gasteiger partial charge in [0.2, 0.25) is 0 Å². The number of hydrogen-bond acceptors (Lipinski definition) is 2. The number of carbonyl (C=O) groups is 1. The average Bonchev–Trinajstić information content (AvgIpc) is 2.38. The van der Waals surface area contributed by atoms with Crippen LogP contribution in [0.1, 0.15) is 32.1 Å². The van der Waals surface area contributed by atoms with Crippen LogP contribution >= 0.6 is 0 Å². The number of hydrogen-bond donors (Lipinski definition) is 1. The second-order valence-corrected chi connectivity index (χ2v) is 4.41. The highest BCUT2D eigenvalue weighted by Crippen LogP contribution is 2.21. The number of allylic oxidation sites excluding steroid dienone is 1. The van der Waals surface area contributed by atoms with E-state index in [2.05, 4.69) is 5.32 Å². The largest absolute Gasteiger partial charge is 0.378 e. The maximum atomic E-state index is 11.8. The molecule has 4 nitrogen and oxygen atoms in total. The molecule has 2 fully saturated rings. The van der Waals surface area contributed by atoms with E-state index in [1.54, 1.807) is 0 Å². The molecule has 1 saturated carbocycles. The summed E-state index contributed by atoms with van der Waals surface area (Å²) in [5.74, 6) is 0. The van der Waals surface area contributed by atoms with Gasteiger partial charge < -0.3 is 15.0 Å². The van der Waals surface area contributed by atoms with E-state index in [4.69, 9.17) is 4.74 Å². The van der Waals surface area contributed by atoms with Crippen molar-refractivity contribution in [1.82, 2.24) is 10.2 Å². The third-order valence-corrected chi connectivity index (χ3v) is 3.19. The first-order chi connectivity index (χ1) is 7.86. The summed E-state index contributed by atoms with van der Waals surface area (Å²) in [6.45, 7) is 2.72. The van der Waals surface area contributed by atoms with Gasteiger partial charge in [-0.15, -0.1) is 0 Å². The molecule has 1 N–H and O–H groups in total. The predicted octanol–water partition coefficient (Wildman–Crippen LogP) is 1.88. The molecule has 4 heteroatoms. The van der Waals surface area contributed by atoms with Crippen molar-refractivity contribution in [3.8, 4) is 0 Å². The topological polar surface area (TPSA) is 41.6 Å². The van der Waals surface area contributed by atoms with Crippen molar-refractivity contribution in [2.45, 2.75) is 32.1 Å². The van der Waals surface area contributed by atoms with Crippen LogP contribution in [-0.4, -0.2) is 37.2 Å². The first-order valence-corrected chi connectivity index (χ1v) is 6.17. The van der Waals surface area contributed by atoms with Crippen LogP contribution in [0.2, 0.25) is 0 Å². The number of carbonyl (C=O) groups excluding carboxylic acids is 1. The van der Waals surface area contributed by atoms with Crippen LogP contribution in [0.15, 0.2) is 11.8 Å². The van der Waals surface area contributed by atoms with Crippen molar-refractivity contribution in [2.75, 3.05) is 26.3 Å². The minimum Gasteiger partial charge on any atom is -0.378 e. The van der Waals surface area contributed by atoms with Crippen molar-refractivity contribution in [1.29, 1.82) is 0 Å². The van der Waals surface area contributed by atoms with Crippen molar-refractivity contribution in [3.05, 3.63) is 11.8 Å². The Kier molecular flexibility index (Phi) is 4.22. The van der Waals surface area contributed by atoms with Crippen molar-refractivity contribution < 1.29 is 9.53 Å². The van der Waals surface area contributed by atoms with Gasteiger partial charge in [0.1, 0.15) is 0 Å². The Morgan fingerprint density at radius 2 is 1.88 bits per heavy atom. The second-order valence-electron chi connectivity index (χ2n) is 4.41. The fourth-order valence-corrected chi connectivity index (χ4v) is 2.17. The SMILES string of the molecule is O=C(NC=C1CCCCC1)N1CCOCC1. The lowest BCUT2D eigenvalue weighted by atomic mass is 9.96. The fourth-order valence-electron chi connectivity index (χ4n) is 2.17. The Labute approximate surface area is 96.6 Å². The Bertz CT molecular complexity index is 262. The molecule has 0 bridgehead atoms. The number of amides is 2. The zero-order chi connectivity index (χ0) is 11.2. The molecule has 90 valence electrons. The summed E-state index contributed by atoms with van der Waals surface area (Å²) >= 11 is 0. The molecule has 16 heavy (non-hydrogen) atoms. The summed E-state index contributed by atoms with van der Waals surface area (Å²) in [7, 11) is 0. The molecular weight excluding hydrogens is 204 g/mol. The minimum atomic E-state index is 0.0152. The highest BCUT2D eigenvalue weighted by atomic mass is 16.5. The quantitative estimate of drug-likeness (QED) is 0.739. The van der Waals surface area contributed by atoms with Gasteiger partial charge in [-0.3, -0.25) is 0 Å². The predicted molar refractivity (Wildman–Crippen MR) is 62.1 cm³/mol. The monoisotopic (exact) mass is 224 g/mol. The molecule has 0 atom stereocenters. The molecule has 0 spiro atoms. The minimum absolute atomic E-state index is 0.0152. The molecule has 1 aliphatic heterocycles. The molecule has 2 aliphatic rings. The zero-order valence-corrected chi connectivity index (χ0v) is 9.71. The smallest absolute Gasteiger partial charge is 0.321 e. The van der Waals surface area contributed by atoms with Crippen LogP contribution in [0.3, 0.4) is 0 Å². The number of nitrogens with one attached hydrogen (secondary N) is 1. The average molecular weight is 224 g/mol. The number of ether oxygens (including phenoxy) is 1. The van der Waals surface area contributed by atoms with Gasteiger partial charge in [-0.25, -0.2) is 4.79 Å².